The first-order valence-corrected chi connectivity index (χ1v) is 15.5. The van der Waals surface area contributed by atoms with E-state index in [9.17, 15) is 9.59 Å². The summed E-state index contributed by atoms with van der Waals surface area (Å²) in [6, 6.07) is 7.62. The van der Waals surface area contributed by atoms with E-state index in [4.69, 9.17) is 4.43 Å². The Bertz CT molecular complexity index is 822. The second-order valence-corrected chi connectivity index (χ2v) is 16.0. The van der Waals surface area contributed by atoms with E-state index in [1.165, 1.54) is 11.8 Å². The molecule has 3 aliphatic rings. The molecule has 35 heavy (non-hydrogen) atoms. The molecule has 1 aliphatic heterocycles. The van der Waals surface area contributed by atoms with Crippen LogP contribution in [-0.4, -0.2) is 30.8 Å². The van der Waals surface area contributed by atoms with E-state index < -0.39 is 8.32 Å². The molecule has 1 heterocycles. The fraction of sp³-hybridized carbons (Fsp3) is 0.357. The van der Waals surface area contributed by atoms with E-state index in [-0.39, 0.29) is 50.5 Å². The summed E-state index contributed by atoms with van der Waals surface area (Å²) in [5, 5.41) is 2.66. The third kappa shape index (κ3) is 8.20. The zero-order valence-electron chi connectivity index (χ0n) is 21.2. The molecule has 1 saturated heterocycles. The van der Waals surface area contributed by atoms with Gasteiger partial charge in [-0.3, -0.25) is 9.59 Å². The van der Waals surface area contributed by atoms with Crippen molar-refractivity contribution in [1.29, 1.82) is 0 Å². The number of amides is 1. The first kappa shape index (κ1) is 30.6. The normalized spacial score (nSPS) is 23.4. The van der Waals surface area contributed by atoms with Gasteiger partial charge in [-0.1, -0.05) is 56.8 Å². The van der Waals surface area contributed by atoms with Gasteiger partial charge in [-0.25, -0.2) is 0 Å². The van der Waals surface area contributed by atoms with Gasteiger partial charge in [-0.2, -0.15) is 0 Å². The van der Waals surface area contributed by atoms with Crippen LogP contribution in [0.4, 0.5) is 0 Å². The number of thioether (sulfide) groups is 1. The van der Waals surface area contributed by atoms with Gasteiger partial charge < -0.3 is 9.74 Å². The molecule has 1 N–H and O–H groups in total. The van der Waals surface area contributed by atoms with E-state index in [2.05, 4.69) is 39.2 Å². The summed E-state index contributed by atoms with van der Waals surface area (Å²) in [5.41, 5.74) is 1.73. The number of benzene rings is 1. The summed E-state index contributed by atoms with van der Waals surface area (Å²) in [6.07, 6.45) is 17.9. The van der Waals surface area contributed by atoms with Crippen LogP contribution < -0.4 is 5.32 Å². The third-order valence-electron chi connectivity index (χ3n) is 6.61. The molecule has 4 nitrogen and oxygen atoms in total. The van der Waals surface area contributed by atoms with Crippen molar-refractivity contribution in [2.24, 2.45) is 5.92 Å². The Morgan fingerprint density at radius 1 is 0.971 bits per heavy atom. The molecule has 0 unspecified atom stereocenters. The Morgan fingerprint density at radius 3 is 1.94 bits per heavy atom. The maximum atomic E-state index is 12.7. The van der Waals surface area contributed by atoms with Gasteiger partial charge in [0.05, 0.1) is 17.4 Å². The van der Waals surface area contributed by atoms with Crippen molar-refractivity contribution in [2.75, 3.05) is 0 Å². The molecule has 4 rings (SSSR count). The van der Waals surface area contributed by atoms with Crippen LogP contribution >= 0.6 is 11.8 Å². The Labute approximate surface area is 229 Å². The molecule has 2 saturated carbocycles. The van der Waals surface area contributed by atoms with E-state index in [0.717, 1.165) is 11.5 Å². The van der Waals surface area contributed by atoms with Gasteiger partial charge in [0, 0.05) is 11.5 Å². The van der Waals surface area contributed by atoms with Gasteiger partial charge in [0.25, 0.3) is 0 Å². The van der Waals surface area contributed by atoms with Crippen LogP contribution in [0.2, 0.25) is 18.1 Å². The van der Waals surface area contributed by atoms with E-state index in [0.29, 0.717) is 5.56 Å². The molecular weight excluding hydrogens is 514 g/mol. The molecule has 3 fully saturated rings. The number of carbonyl (C=O) groups excluding carboxylic acids is 2. The van der Waals surface area contributed by atoms with Gasteiger partial charge in [0.15, 0.2) is 8.32 Å². The monoisotopic (exact) mass is 549 g/mol. The zero-order chi connectivity index (χ0) is 24.9. The van der Waals surface area contributed by atoms with Crippen LogP contribution in [0.15, 0.2) is 24.3 Å². The predicted molar refractivity (Wildman–Crippen MR) is 143 cm³/mol. The second kappa shape index (κ2) is 13.3. The molecule has 1 aromatic rings. The molecule has 0 aromatic heterocycles. The summed E-state index contributed by atoms with van der Waals surface area (Å²) in [5.74, 6) is 0.800. The largest absolute Gasteiger partial charge is 2.00 e. The Morgan fingerprint density at radius 2 is 1.49 bits per heavy atom. The molecule has 7 heteroatoms. The fourth-order valence-corrected chi connectivity index (χ4v) is 6.11. The SMILES string of the molecule is C[C@@H](O[Si](C)(C)C(C)(C)C)[C@H]1C(=O)N[C@@H]1SC(=O)c1ccc([C]2[CH][CH][CH][CH]2)cc1.[CH]1[CH][CH][CH][CH]1.[Fe+2]. The predicted octanol–water partition coefficient (Wildman–Crippen LogP) is 5.81. The van der Waals surface area contributed by atoms with Crippen molar-refractivity contribution in [3.05, 3.63) is 99.1 Å². The molecule has 1 aromatic carbocycles. The van der Waals surface area contributed by atoms with Crippen molar-refractivity contribution >= 4 is 31.1 Å². The average Bonchev–Trinajstić information content (AvgIpc) is 3.48. The Hall–Kier alpha value is -0.594. The van der Waals surface area contributed by atoms with Crippen LogP contribution in [0.3, 0.4) is 0 Å². The minimum atomic E-state index is -1.98. The topological polar surface area (TPSA) is 55.4 Å². The molecule has 0 spiro atoms. The van der Waals surface area contributed by atoms with E-state index >= 15 is 0 Å². The van der Waals surface area contributed by atoms with Gasteiger partial charge in [-0.15, -0.1) is 0 Å². The Balaban J connectivity index is 0.000000640. The molecule has 2 aliphatic carbocycles. The molecule has 10 radical (unpaired) electrons. The molecular formula is C28H35FeNO3SSi+2. The second-order valence-electron chi connectivity index (χ2n) is 10.2. The number of carbonyl (C=O) groups is 2. The van der Waals surface area contributed by atoms with Crippen LogP contribution in [0.25, 0.3) is 0 Å². The number of β-lactam (4-membered cyclic amide) rings is 1. The van der Waals surface area contributed by atoms with Gasteiger partial charge >= 0.3 is 17.1 Å². The van der Waals surface area contributed by atoms with Crippen molar-refractivity contribution in [2.45, 2.75) is 57.3 Å². The first-order chi connectivity index (χ1) is 16.0. The maximum absolute atomic E-state index is 12.7. The van der Waals surface area contributed by atoms with Gasteiger partial charge in [-0.05, 0) is 88.4 Å². The number of nitrogens with one attached hydrogen (secondary N) is 1. The molecule has 1 amide bonds. The number of hydrogen-bond donors (Lipinski definition) is 1. The summed E-state index contributed by atoms with van der Waals surface area (Å²) >= 11 is 1.18. The van der Waals surface area contributed by atoms with Crippen molar-refractivity contribution in [3.8, 4) is 0 Å². The molecule has 186 valence electrons. The summed E-state index contributed by atoms with van der Waals surface area (Å²) < 4.78 is 6.40. The first-order valence-electron chi connectivity index (χ1n) is 11.7. The summed E-state index contributed by atoms with van der Waals surface area (Å²) in [4.78, 5) is 25.0. The van der Waals surface area contributed by atoms with E-state index in [1.54, 1.807) is 0 Å². The maximum Gasteiger partial charge on any atom is 2.00 e. The number of rotatable bonds is 6. The fourth-order valence-electron chi connectivity index (χ4n) is 3.51. The van der Waals surface area contributed by atoms with Crippen molar-refractivity contribution < 1.29 is 31.1 Å². The van der Waals surface area contributed by atoms with Crippen molar-refractivity contribution in [1.82, 2.24) is 5.32 Å². The minimum Gasteiger partial charge on any atom is -0.413 e. The Kier molecular flexibility index (Phi) is 11.6. The van der Waals surface area contributed by atoms with Crippen LogP contribution in [0.5, 0.6) is 0 Å². The minimum absolute atomic E-state index is 0. The van der Waals surface area contributed by atoms with Crippen LogP contribution in [0, 0.1) is 69.6 Å². The summed E-state index contributed by atoms with van der Waals surface area (Å²) in [6.45, 7) is 12.9. The summed E-state index contributed by atoms with van der Waals surface area (Å²) in [7, 11) is -1.98. The average molecular weight is 550 g/mol. The standard InChI is InChI=1S/C23H30NO3SSi.C5H5.Fe/c1-15(27-29(5,6)23(2,3)4)19-20(25)24-21(19)28-22(26)18-13-11-17(12-14-18)16-9-7-8-10-16;1-2-4-5-3-1;/h7-15,19,21H,1-6H3,(H,24,25);1-5H;/q;;+2/t15-,19+,21-;;/m1../s1. The zero-order valence-corrected chi connectivity index (χ0v) is 24.1. The van der Waals surface area contributed by atoms with Gasteiger partial charge in [0.1, 0.15) is 0 Å². The van der Waals surface area contributed by atoms with Crippen molar-refractivity contribution in [3.63, 3.8) is 0 Å². The van der Waals surface area contributed by atoms with Gasteiger partial charge in [0.2, 0.25) is 11.0 Å². The van der Waals surface area contributed by atoms with Crippen LogP contribution in [-0.2, 0) is 26.3 Å². The van der Waals surface area contributed by atoms with E-state index in [1.807, 2.05) is 89.0 Å². The third-order valence-corrected chi connectivity index (χ3v) is 12.3. The van der Waals surface area contributed by atoms with Crippen LogP contribution in [0.1, 0.15) is 43.6 Å². The number of hydrogen-bond acceptors (Lipinski definition) is 4. The smallest absolute Gasteiger partial charge is 0.413 e. The molecule has 0 bridgehead atoms. The molecule has 3 atom stereocenters. The quantitative estimate of drug-likeness (QED) is 0.359.